The van der Waals surface area contributed by atoms with Gasteiger partial charge in [0, 0.05) is 30.7 Å². The number of piperazine rings is 1. The fraction of sp³-hybridized carbons (Fsp3) is 0.467. The Balaban J connectivity index is 2.08. The topological polar surface area (TPSA) is 84.7 Å². The molecule has 6 heteroatoms. The summed E-state index contributed by atoms with van der Waals surface area (Å²) >= 11 is 0. The molecule has 0 spiro atoms. The third kappa shape index (κ3) is 4.19. The van der Waals surface area contributed by atoms with Crippen molar-refractivity contribution in [2.45, 2.75) is 25.9 Å². The SMILES string of the molecule is C[C@@H]1CN(C(=O)c2cccc(OCC(N)=O)c2)C[C@@H](C)N1. The van der Waals surface area contributed by atoms with Crippen molar-refractivity contribution < 1.29 is 14.3 Å². The summed E-state index contributed by atoms with van der Waals surface area (Å²) in [6.45, 7) is 5.27. The molecule has 114 valence electrons. The number of rotatable bonds is 4. The van der Waals surface area contributed by atoms with Gasteiger partial charge in [-0.1, -0.05) is 6.07 Å². The van der Waals surface area contributed by atoms with Crippen molar-refractivity contribution in [3.8, 4) is 5.75 Å². The Kier molecular flexibility index (Phi) is 4.80. The number of amides is 2. The van der Waals surface area contributed by atoms with Gasteiger partial charge in [-0.15, -0.1) is 0 Å². The third-order valence-electron chi connectivity index (χ3n) is 3.31. The second kappa shape index (κ2) is 6.58. The highest BCUT2D eigenvalue weighted by molar-refractivity contribution is 5.94. The van der Waals surface area contributed by atoms with Gasteiger partial charge in [0.2, 0.25) is 0 Å². The zero-order valence-electron chi connectivity index (χ0n) is 12.3. The van der Waals surface area contributed by atoms with E-state index in [1.807, 2.05) is 4.90 Å². The summed E-state index contributed by atoms with van der Waals surface area (Å²) in [4.78, 5) is 25.1. The van der Waals surface area contributed by atoms with Crippen molar-refractivity contribution in [2.75, 3.05) is 19.7 Å². The Bertz CT molecular complexity index is 523. The molecule has 2 atom stereocenters. The van der Waals surface area contributed by atoms with Gasteiger partial charge in [-0.25, -0.2) is 0 Å². The van der Waals surface area contributed by atoms with E-state index in [9.17, 15) is 9.59 Å². The van der Waals surface area contributed by atoms with Gasteiger partial charge < -0.3 is 20.7 Å². The number of nitrogens with two attached hydrogens (primary N) is 1. The molecule has 6 nitrogen and oxygen atoms in total. The van der Waals surface area contributed by atoms with Crippen LogP contribution in [0.2, 0.25) is 0 Å². The van der Waals surface area contributed by atoms with Gasteiger partial charge >= 0.3 is 0 Å². The Labute approximate surface area is 124 Å². The second-order valence-electron chi connectivity index (χ2n) is 5.46. The largest absolute Gasteiger partial charge is 0.484 e. The van der Waals surface area contributed by atoms with Crippen LogP contribution in [-0.4, -0.2) is 48.5 Å². The first-order valence-corrected chi connectivity index (χ1v) is 7.02. The quantitative estimate of drug-likeness (QED) is 0.839. The number of primary amides is 1. The third-order valence-corrected chi connectivity index (χ3v) is 3.31. The van der Waals surface area contributed by atoms with E-state index < -0.39 is 5.91 Å². The average molecular weight is 291 g/mol. The molecule has 1 aromatic rings. The van der Waals surface area contributed by atoms with Gasteiger partial charge in [0.05, 0.1) is 0 Å². The highest BCUT2D eigenvalue weighted by Gasteiger charge is 2.25. The maximum absolute atomic E-state index is 12.5. The lowest BCUT2D eigenvalue weighted by Crippen LogP contribution is -2.55. The smallest absolute Gasteiger partial charge is 0.255 e. The molecule has 0 saturated carbocycles. The summed E-state index contributed by atoms with van der Waals surface area (Å²) in [5.41, 5.74) is 5.59. The predicted octanol–water partition coefficient (Wildman–Crippen LogP) is 0.373. The molecule has 1 aliphatic heterocycles. The van der Waals surface area contributed by atoms with Crippen molar-refractivity contribution in [3.05, 3.63) is 29.8 Å². The fourth-order valence-corrected chi connectivity index (χ4v) is 2.55. The molecule has 1 saturated heterocycles. The summed E-state index contributed by atoms with van der Waals surface area (Å²) in [5, 5.41) is 3.39. The molecule has 0 aromatic heterocycles. The van der Waals surface area contributed by atoms with Crippen molar-refractivity contribution in [1.82, 2.24) is 10.2 Å². The predicted molar refractivity (Wildman–Crippen MR) is 79.1 cm³/mol. The Morgan fingerprint density at radius 1 is 1.33 bits per heavy atom. The van der Waals surface area contributed by atoms with Gasteiger partial charge in [-0.3, -0.25) is 9.59 Å². The number of nitrogens with zero attached hydrogens (tertiary/aromatic N) is 1. The number of nitrogens with one attached hydrogen (secondary N) is 1. The van der Waals surface area contributed by atoms with Crippen LogP contribution in [0.25, 0.3) is 0 Å². The van der Waals surface area contributed by atoms with E-state index in [-0.39, 0.29) is 24.6 Å². The van der Waals surface area contributed by atoms with Gasteiger partial charge in [-0.2, -0.15) is 0 Å². The molecule has 0 unspecified atom stereocenters. The minimum Gasteiger partial charge on any atom is -0.484 e. The molecule has 2 amide bonds. The first kappa shape index (κ1) is 15.3. The molecule has 1 fully saturated rings. The van der Waals surface area contributed by atoms with Gasteiger partial charge in [-0.05, 0) is 32.0 Å². The molecule has 0 bridgehead atoms. The number of hydrogen-bond donors (Lipinski definition) is 2. The van der Waals surface area contributed by atoms with Crippen LogP contribution in [0.15, 0.2) is 24.3 Å². The lowest BCUT2D eigenvalue weighted by atomic mass is 10.1. The molecular weight excluding hydrogens is 270 g/mol. The van der Waals surface area contributed by atoms with E-state index in [0.29, 0.717) is 24.4 Å². The van der Waals surface area contributed by atoms with Crippen LogP contribution < -0.4 is 15.8 Å². The standard InChI is InChI=1S/C15H21N3O3/c1-10-7-18(8-11(2)17-10)15(20)12-4-3-5-13(6-12)21-9-14(16)19/h3-6,10-11,17H,7-9H2,1-2H3,(H2,16,19)/t10-,11-/m1/s1. The van der Waals surface area contributed by atoms with Gasteiger partial charge in [0.15, 0.2) is 6.61 Å². The van der Waals surface area contributed by atoms with Crippen LogP contribution in [0.3, 0.4) is 0 Å². The van der Waals surface area contributed by atoms with Gasteiger partial charge in [0.1, 0.15) is 5.75 Å². The summed E-state index contributed by atoms with van der Waals surface area (Å²) in [6.07, 6.45) is 0. The summed E-state index contributed by atoms with van der Waals surface area (Å²) in [5.74, 6) is -0.105. The van der Waals surface area contributed by atoms with Crippen LogP contribution in [0.4, 0.5) is 0 Å². The van der Waals surface area contributed by atoms with Crippen molar-refractivity contribution in [2.24, 2.45) is 5.73 Å². The van der Waals surface area contributed by atoms with E-state index >= 15 is 0 Å². The van der Waals surface area contributed by atoms with Crippen LogP contribution in [0.1, 0.15) is 24.2 Å². The van der Waals surface area contributed by atoms with E-state index in [1.54, 1.807) is 24.3 Å². The molecular formula is C15H21N3O3. The monoisotopic (exact) mass is 291 g/mol. The highest BCUT2D eigenvalue weighted by Crippen LogP contribution is 2.16. The van der Waals surface area contributed by atoms with Crippen LogP contribution in [0.5, 0.6) is 5.75 Å². The van der Waals surface area contributed by atoms with E-state index in [4.69, 9.17) is 10.5 Å². The lowest BCUT2D eigenvalue weighted by Gasteiger charge is -2.36. The number of benzene rings is 1. The van der Waals surface area contributed by atoms with Crippen LogP contribution >= 0.6 is 0 Å². The van der Waals surface area contributed by atoms with Crippen molar-refractivity contribution in [1.29, 1.82) is 0 Å². The normalized spacial score (nSPS) is 21.9. The summed E-state index contributed by atoms with van der Waals surface area (Å²) in [6, 6.07) is 7.36. The minimum absolute atomic E-state index is 0.0280. The van der Waals surface area contributed by atoms with Crippen LogP contribution in [0, 0.1) is 0 Å². The molecule has 1 aromatic carbocycles. The zero-order chi connectivity index (χ0) is 15.4. The number of carbonyl (C=O) groups excluding carboxylic acids is 2. The molecule has 2 rings (SSSR count). The maximum atomic E-state index is 12.5. The molecule has 0 radical (unpaired) electrons. The zero-order valence-corrected chi connectivity index (χ0v) is 12.3. The maximum Gasteiger partial charge on any atom is 0.255 e. The first-order chi connectivity index (χ1) is 9.95. The van der Waals surface area contributed by atoms with E-state index in [0.717, 1.165) is 0 Å². The number of ether oxygens (including phenoxy) is 1. The molecule has 0 aliphatic carbocycles. The van der Waals surface area contributed by atoms with E-state index in [1.165, 1.54) is 0 Å². The van der Waals surface area contributed by atoms with Crippen molar-refractivity contribution >= 4 is 11.8 Å². The average Bonchev–Trinajstić information content (AvgIpc) is 2.43. The highest BCUT2D eigenvalue weighted by atomic mass is 16.5. The Morgan fingerprint density at radius 2 is 2.00 bits per heavy atom. The van der Waals surface area contributed by atoms with Crippen molar-refractivity contribution in [3.63, 3.8) is 0 Å². The minimum atomic E-state index is -0.545. The van der Waals surface area contributed by atoms with Crippen LogP contribution in [-0.2, 0) is 4.79 Å². The van der Waals surface area contributed by atoms with E-state index in [2.05, 4.69) is 19.2 Å². The number of hydrogen-bond acceptors (Lipinski definition) is 4. The number of carbonyl (C=O) groups is 2. The molecule has 1 heterocycles. The molecule has 3 N–H and O–H groups in total. The Hall–Kier alpha value is -2.08. The molecule has 1 aliphatic rings. The fourth-order valence-electron chi connectivity index (χ4n) is 2.55. The Morgan fingerprint density at radius 3 is 2.62 bits per heavy atom. The lowest BCUT2D eigenvalue weighted by molar-refractivity contribution is -0.119. The summed E-state index contributed by atoms with van der Waals surface area (Å²) < 4.78 is 5.23. The summed E-state index contributed by atoms with van der Waals surface area (Å²) in [7, 11) is 0. The van der Waals surface area contributed by atoms with Gasteiger partial charge in [0.25, 0.3) is 11.8 Å². The second-order valence-corrected chi connectivity index (χ2v) is 5.46. The molecule has 21 heavy (non-hydrogen) atoms. The first-order valence-electron chi connectivity index (χ1n) is 7.02.